The number of benzene rings is 2. The third kappa shape index (κ3) is 4.24. The number of nitrogens with one attached hydrogen (secondary N) is 1. The summed E-state index contributed by atoms with van der Waals surface area (Å²) < 4.78 is 52.8. The molecule has 160 valence electrons. The van der Waals surface area contributed by atoms with E-state index in [0.717, 1.165) is 6.26 Å². The quantitative estimate of drug-likeness (QED) is 0.803. The minimum absolute atomic E-state index is 0.251. The second-order valence-corrected chi connectivity index (χ2v) is 9.30. The molecule has 2 aliphatic rings. The lowest BCUT2D eigenvalue weighted by Gasteiger charge is -2.39. The molecule has 4 rings (SSSR count). The number of hydrogen-bond donors (Lipinski definition) is 1. The number of carbonyl (C=O) groups is 1. The highest BCUT2D eigenvalue weighted by Gasteiger charge is 2.34. The van der Waals surface area contributed by atoms with Gasteiger partial charge in [-0.15, -0.1) is 0 Å². The van der Waals surface area contributed by atoms with Crippen molar-refractivity contribution in [1.29, 1.82) is 0 Å². The van der Waals surface area contributed by atoms with E-state index in [4.69, 9.17) is 0 Å². The maximum absolute atomic E-state index is 14.0. The average Bonchev–Trinajstić information content (AvgIpc) is 3.14. The molecule has 0 spiro atoms. The van der Waals surface area contributed by atoms with Crippen LogP contribution in [0.5, 0.6) is 0 Å². The molecule has 2 aliphatic heterocycles. The number of fused-ring (bicyclic) bond motifs is 1. The summed E-state index contributed by atoms with van der Waals surface area (Å²) in [7, 11) is -3.35. The van der Waals surface area contributed by atoms with Crippen LogP contribution in [0.15, 0.2) is 42.5 Å². The molecule has 0 radical (unpaired) electrons. The van der Waals surface area contributed by atoms with E-state index < -0.39 is 15.8 Å². The topological polar surface area (TPSA) is 73.0 Å². The molecule has 2 aromatic rings. The van der Waals surface area contributed by atoms with Crippen LogP contribution in [0.2, 0.25) is 0 Å². The van der Waals surface area contributed by atoms with Gasteiger partial charge >= 0.3 is 6.03 Å². The van der Waals surface area contributed by atoms with Crippen molar-refractivity contribution in [3.05, 3.63) is 54.1 Å². The van der Waals surface area contributed by atoms with E-state index in [0.29, 0.717) is 43.1 Å². The predicted octanol–water partition coefficient (Wildman–Crippen LogP) is 2.67. The maximum atomic E-state index is 14.0. The van der Waals surface area contributed by atoms with Gasteiger partial charge in [0.05, 0.1) is 17.6 Å². The monoisotopic (exact) mass is 436 g/mol. The number of likely N-dealkylation sites (tertiary alicyclic amines) is 1. The Hall–Kier alpha value is -2.72. The molecule has 1 N–H and O–H groups in total. The Balaban J connectivity index is 1.58. The van der Waals surface area contributed by atoms with Gasteiger partial charge in [-0.2, -0.15) is 0 Å². The zero-order chi connectivity index (χ0) is 21.5. The Bertz CT molecular complexity index is 1060. The van der Waals surface area contributed by atoms with E-state index in [1.54, 1.807) is 28.0 Å². The number of anilines is 3. The minimum atomic E-state index is -3.35. The molecular weight excluding hydrogens is 414 g/mol. The number of nitrogens with zero attached hydrogens (tertiary/aromatic N) is 3. The maximum Gasteiger partial charge on any atom is 0.324 e. The summed E-state index contributed by atoms with van der Waals surface area (Å²) in [6, 6.07) is 9.54. The van der Waals surface area contributed by atoms with Crippen molar-refractivity contribution >= 4 is 33.1 Å². The van der Waals surface area contributed by atoms with E-state index in [1.807, 2.05) is 4.90 Å². The smallest absolute Gasteiger partial charge is 0.324 e. The Morgan fingerprint density at radius 2 is 1.70 bits per heavy atom. The van der Waals surface area contributed by atoms with Crippen molar-refractivity contribution < 1.29 is 22.0 Å². The highest BCUT2D eigenvalue weighted by atomic mass is 32.2. The molecule has 2 amide bonds. The van der Waals surface area contributed by atoms with E-state index in [2.05, 4.69) is 4.72 Å². The van der Waals surface area contributed by atoms with Crippen LogP contribution in [0.4, 0.5) is 30.6 Å². The fourth-order valence-electron chi connectivity index (χ4n) is 3.97. The summed E-state index contributed by atoms with van der Waals surface area (Å²) >= 11 is 0. The van der Waals surface area contributed by atoms with Crippen LogP contribution in [0.25, 0.3) is 0 Å². The molecule has 1 unspecified atom stereocenters. The van der Waals surface area contributed by atoms with Gasteiger partial charge in [0, 0.05) is 37.9 Å². The molecule has 0 bridgehead atoms. The van der Waals surface area contributed by atoms with E-state index in [9.17, 15) is 22.0 Å². The third-order valence-corrected chi connectivity index (χ3v) is 6.04. The molecule has 1 atom stereocenters. The van der Waals surface area contributed by atoms with Crippen molar-refractivity contribution in [2.75, 3.05) is 42.2 Å². The van der Waals surface area contributed by atoms with E-state index in [-0.39, 0.29) is 24.4 Å². The summed E-state index contributed by atoms with van der Waals surface area (Å²) in [4.78, 5) is 18.2. The number of sulfonamides is 1. The van der Waals surface area contributed by atoms with Crippen LogP contribution in [0, 0.1) is 11.6 Å². The molecular formula is C20H22F2N4O3S. The molecule has 0 aliphatic carbocycles. The van der Waals surface area contributed by atoms with E-state index >= 15 is 0 Å². The summed E-state index contributed by atoms with van der Waals surface area (Å²) in [6.07, 6.45) is 1.63. The summed E-state index contributed by atoms with van der Waals surface area (Å²) in [5.41, 5.74) is 1.77. The SMILES string of the molecule is CS(=O)(=O)NC1CCN(C(=O)N2CCN(c3ccc(F)cc3)c3cc(F)ccc32)C1. The van der Waals surface area contributed by atoms with Gasteiger partial charge in [0.25, 0.3) is 0 Å². The molecule has 0 aromatic heterocycles. The Kier molecular flexibility index (Phi) is 5.37. The largest absolute Gasteiger partial charge is 0.338 e. The van der Waals surface area contributed by atoms with Crippen LogP contribution in [-0.4, -0.2) is 57.8 Å². The van der Waals surface area contributed by atoms with Crippen molar-refractivity contribution in [2.45, 2.75) is 12.5 Å². The van der Waals surface area contributed by atoms with Gasteiger partial charge in [0.15, 0.2) is 0 Å². The number of hydrogen-bond acceptors (Lipinski definition) is 4. The van der Waals surface area contributed by atoms with Gasteiger partial charge in [-0.1, -0.05) is 0 Å². The van der Waals surface area contributed by atoms with Gasteiger partial charge in [-0.05, 0) is 48.9 Å². The standard InChI is InChI=1S/C20H22F2N4O3S/c1-30(28,29)23-16-8-9-24(13-16)20(27)26-11-10-25(17-5-2-14(21)3-6-17)19-12-15(22)4-7-18(19)26/h2-7,12,16,23H,8-11,13H2,1H3. The van der Waals surface area contributed by atoms with E-state index in [1.165, 1.54) is 24.3 Å². The average molecular weight is 436 g/mol. The third-order valence-electron chi connectivity index (χ3n) is 5.27. The van der Waals surface area contributed by atoms with Gasteiger partial charge in [-0.25, -0.2) is 26.7 Å². The first-order chi connectivity index (χ1) is 14.2. The lowest BCUT2D eigenvalue weighted by atomic mass is 10.1. The van der Waals surface area contributed by atoms with Gasteiger partial charge in [-0.3, -0.25) is 4.90 Å². The van der Waals surface area contributed by atoms with Crippen LogP contribution in [0.3, 0.4) is 0 Å². The number of halogens is 2. The molecule has 2 heterocycles. The van der Waals surface area contributed by atoms with Crippen molar-refractivity contribution in [2.24, 2.45) is 0 Å². The first kappa shape index (κ1) is 20.5. The van der Waals surface area contributed by atoms with Gasteiger partial charge in [0.1, 0.15) is 11.6 Å². The minimum Gasteiger partial charge on any atom is -0.338 e. The molecule has 7 nitrogen and oxygen atoms in total. The number of rotatable bonds is 3. The van der Waals surface area contributed by atoms with Crippen LogP contribution in [-0.2, 0) is 10.0 Å². The van der Waals surface area contributed by atoms with Gasteiger partial charge in [0.2, 0.25) is 10.0 Å². The number of amides is 2. The molecule has 1 fully saturated rings. The molecule has 10 heteroatoms. The van der Waals surface area contributed by atoms with Gasteiger partial charge < -0.3 is 9.80 Å². The molecule has 0 saturated carbocycles. The van der Waals surface area contributed by atoms with Crippen molar-refractivity contribution in [1.82, 2.24) is 9.62 Å². The highest BCUT2D eigenvalue weighted by molar-refractivity contribution is 7.88. The first-order valence-electron chi connectivity index (χ1n) is 9.58. The normalized spacial score (nSPS) is 19.2. The Morgan fingerprint density at radius 3 is 2.40 bits per heavy atom. The summed E-state index contributed by atoms with van der Waals surface area (Å²) in [5, 5.41) is 0. The van der Waals surface area contributed by atoms with Crippen LogP contribution < -0.4 is 14.5 Å². The molecule has 30 heavy (non-hydrogen) atoms. The zero-order valence-corrected chi connectivity index (χ0v) is 17.2. The fourth-order valence-corrected chi connectivity index (χ4v) is 4.77. The molecule has 2 aromatic carbocycles. The fraction of sp³-hybridized carbons (Fsp3) is 0.350. The van der Waals surface area contributed by atoms with Crippen molar-refractivity contribution in [3.63, 3.8) is 0 Å². The Morgan fingerprint density at radius 1 is 1.00 bits per heavy atom. The predicted molar refractivity (Wildman–Crippen MR) is 111 cm³/mol. The lowest BCUT2D eigenvalue weighted by Crippen LogP contribution is -2.49. The van der Waals surface area contributed by atoms with Crippen LogP contribution in [0.1, 0.15) is 6.42 Å². The number of carbonyl (C=O) groups excluding carboxylic acids is 1. The summed E-state index contributed by atoms with van der Waals surface area (Å²) in [5.74, 6) is -0.799. The lowest BCUT2D eigenvalue weighted by molar-refractivity contribution is 0.214. The highest BCUT2D eigenvalue weighted by Crippen LogP contribution is 2.39. The van der Waals surface area contributed by atoms with Crippen molar-refractivity contribution in [3.8, 4) is 0 Å². The second-order valence-electron chi connectivity index (χ2n) is 7.52. The number of urea groups is 1. The first-order valence-corrected chi connectivity index (χ1v) is 11.5. The Labute approximate surface area is 173 Å². The molecule has 1 saturated heterocycles. The zero-order valence-electron chi connectivity index (χ0n) is 16.4. The second kappa shape index (κ2) is 7.84. The summed E-state index contributed by atoms with van der Waals surface area (Å²) in [6.45, 7) is 1.48. The van der Waals surface area contributed by atoms with Crippen LogP contribution >= 0.6 is 0 Å².